The third-order valence-electron chi connectivity index (χ3n) is 3.05. The molecule has 0 spiro atoms. The van der Waals surface area contributed by atoms with Gasteiger partial charge in [0.25, 0.3) is 0 Å². The third kappa shape index (κ3) is 5.21. The zero-order valence-corrected chi connectivity index (χ0v) is 14.5. The van der Waals surface area contributed by atoms with E-state index in [2.05, 4.69) is 33.2 Å². The first-order valence-corrected chi connectivity index (χ1v) is 8.06. The first kappa shape index (κ1) is 16.1. The maximum atomic E-state index is 11.8. The number of carbonyl (C=O) groups is 1. The fourth-order valence-electron chi connectivity index (χ4n) is 1.91. The van der Waals surface area contributed by atoms with E-state index in [1.54, 1.807) is 0 Å². The van der Waals surface area contributed by atoms with Gasteiger partial charge in [0, 0.05) is 20.8 Å². The third-order valence-corrected chi connectivity index (χ3v) is 3.97. The first-order chi connectivity index (χ1) is 10.0. The smallest absolute Gasteiger partial charge is 0.319 e. The van der Waals surface area contributed by atoms with Gasteiger partial charge in [0.15, 0.2) is 0 Å². The molecule has 0 bridgehead atoms. The minimum Gasteiger partial charge on any atom is -0.338 e. The van der Waals surface area contributed by atoms with Crippen LogP contribution in [0.25, 0.3) is 0 Å². The molecule has 0 unspecified atom stereocenters. The highest BCUT2D eigenvalue weighted by atomic mass is 127. The quantitative estimate of drug-likeness (QED) is 0.705. The van der Waals surface area contributed by atoms with Gasteiger partial charge in [-0.3, -0.25) is 0 Å². The molecule has 5 heteroatoms. The maximum Gasteiger partial charge on any atom is 0.319 e. The summed E-state index contributed by atoms with van der Waals surface area (Å²) in [5.41, 5.74) is 3.03. The maximum absolute atomic E-state index is 11.8. The Hall–Kier alpha value is -1.27. The molecular formula is C16H16ClIN2O. The number of amides is 2. The zero-order chi connectivity index (χ0) is 15.2. The molecule has 0 aliphatic carbocycles. The number of halogens is 2. The van der Waals surface area contributed by atoms with Gasteiger partial charge >= 0.3 is 6.03 Å². The van der Waals surface area contributed by atoms with Gasteiger partial charge < -0.3 is 10.6 Å². The number of aryl methyl sites for hydroxylation is 1. The summed E-state index contributed by atoms with van der Waals surface area (Å²) in [7, 11) is 0. The van der Waals surface area contributed by atoms with Gasteiger partial charge in [-0.15, -0.1) is 0 Å². The summed E-state index contributed by atoms with van der Waals surface area (Å²) in [6.45, 7) is 2.56. The van der Waals surface area contributed by atoms with E-state index >= 15 is 0 Å². The molecule has 2 N–H and O–H groups in total. The lowest BCUT2D eigenvalue weighted by Crippen LogP contribution is -2.30. The molecule has 0 heterocycles. The second kappa shape index (κ2) is 7.66. The largest absolute Gasteiger partial charge is 0.338 e. The summed E-state index contributed by atoms with van der Waals surface area (Å²) in [5.74, 6) is 0. The van der Waals surface area contributed by atoms with Gasteiger partial charge in [0.2, 0.25) is 0 Å². The topological polar surface area (TPSA) is 41.1 Å². The molecule has 0 radical (unpaired) electrons. The monoisotopic (exact) mass is 414 g/mol. The van der Waals surface area contributed by atoms with Crippen LogP contribution in [0.5, 0.6) is 0 Å². The van der Waals surface area contributed by atoms with Gasteiger partial charge in [0.1, 0.15) is 0 Å². The molecule has 2 amide bonds. The molecule has 110 valence electrons. The van der Waals surface area contributed by atoms with E-state index in [0.717, 1.165) is 31.8 Å². The second-order valence-electron chi connectivity index (χ2n) is 4.72. The highest BCUT2D eigenvalue weighted by Gasteiger charge is 2.04. The van der Waals surface area contributed by atoms with Crippen molar-refractivity contribution in [1.82, 2.24) is 5.32 Å². The van der Waals surface area contributed by atoms with E-state index in [1.807, 2.05) is 49.4 Å². The molecule has 0 saturated heterocycles. The average Bonchev–Trinajstić information content (AvgIpc) is 2.44. The Balaban J connectivity index is 1.81. The van der Waals surface area contributed by atoms with Crippen molar-refractivity contribution in [2.24, 2.45) is 0 Å². The normalized spacial score (nSPS) is 10.2. The van der Waals surface area contributed by atoms with Crippen LogP contribution in [0.3, 0.4) is 0 Å². The van der Waals surface area contributed by atoms with Crippen molar-refractivity contribution in [1.29, 1.82) is 0 Å². The van der Waals surface area contributed by atoms with E-state index in [1.165, 1.54) is 0 Å². The Bertz CT molecular complexity index is 629. The molecule has 3 nitrogen and oxygen atoms in total. The van der Waals surface area contributed by atoms with Crippen LogP contribution >= 0.6 is 34.2 Å². The van der Waals surface area contributed by atoms with Crippen molar-refractivity contribution in [3.8, 4) is 0 Å². The van der Waals surface area contributed by atoms with Crippen LogP contribution in [-0.4, -0.2) is 12.6 Å². The molecule has 0 aromatic heterocycles. The molecule has 21 heavy (non-hydrogen) atoms. The number of hydrogen-bond donors (Lipinski definition) is 2. The molecule has 0 fully saturated rings. The number of benzene rings is 2. The van der Waals surface area contributed by atoms with E-state index in [4.69, 9.17) is 11.6 Å². The summed E-state index contributed by atoms with van der Waals surface area (Å²) in [6.07, 6.45) is 0.774. The number of anilines is 1. The predicted octanol–water partition coefficient (Wildman–Crippen LogP) is 4.62. The zero-order valence-electron chi connectivity index (χ0n) is 11.6. The average molecular weight is 415 g/mol. The lowest BCUT2D eigenvalue weighted by atomic mass is 10.1. The van der Waals surface area contributed by atoms with E-state index in [-0.39, 0.29) is 6.03 Å². The Kier molecular flexibility index (Phi) is 5.87. The van der Waals surface area contributed by atoms with E-state index < -0.39 is 0 Å². The Morgan fingerprint density at radius 3 is 2.57 bits per heavy atom. The molecule has 2 rings (SSSR count). The van der Waals surface area contributed by atoms with Gasteiger partial charge in [-0.2, -0.15) is 0 Å². The number of urea groups is 1. The number of rotatable bonds is 4. The minimum atomic E-state index is -0.187. The summed E-state index contributed by atoms with van der Waals surface area (Å²) in [4.78, 5) is 11.8. The molecule has 0 aliphatic rings. The van der Waals surface area contributed by atoms with Crippen LogP contribution in [-0.2, 0) is 6.42 Å². The number of carbonyl (C=O) groups excluding carboxylic acids is 1. The van der Waals surface area contributed by atoms with E-state index in [9.17, 15) is 4.79 Å². The van der Waals surface area contributed by atoms with Gasteiger partial charge in [-0.25, -0.2) is 4.79 Å². The Morgan fingerprint density at radius 2 is 1.90 bits per heavy atom. The van der Waals surface area contributed by atoms with Crippen molar-refractivity contribution in [2.45, 2.75) is 13.3 Å². The van der Waals surface area contributed by atoms with Crippen LogP contribution in [0.1, 0.15) is 11.1 Å². The van der Waals surface area contributed by atoms with Gasteiger partial charge in [0.05, 0.1) is 0 Å². The van der Waals surface area contributed by atoms with Crippen molar-refractivity contribution >= 4 is 45.9 Å². The van der Waals surface area contributed by atoms with Crippen LogP contribution in [0.2, 0.25) is 5.02 Å². The molecule has 2 aromatic carbocycles. The Labute approximate surface area is 143 Å². The lowest BCUT2D eigenvalue weighted by Gasteiger charge is -2.10. The van der Waals surface area contributed by atoms with Crippen molar-refractivity contribution in [3.05, 3.63) is 62.2 Å². The second-order valence-corrected chi connectivity index (χ2v) is 6.40. The van der Waals surface area contributed by atoms with Crippen molar-refractivity contribution in [2.75, 3.05) is 11.9 Å². The fourth-order valence-corrected chi connectivity index (χ4v) is 2.68. The molecule has 2 aromatic rings. The van der Waals surface area contributed by atoms with Crippen molar-refractivity contribution < 1.29 is 4.79 Å². The highest BCUT2D eigenvalue weighted by molar-refractivity contribution is 14.1. The fraction of sp³-hybridized carbons (Fsp3) is 0.188. The number of hydrogen-bond acceptors (Lipinski definition) is 1. The highest BCUT2D eigenvalue weighted by Crippen LogP contribution is 2.17. The summed E-state index contributed by atoms with van der Waals surface area (Å²) in [6, 6.07) is 13.4. The van der Waals surface area contributed by atoms with Crippen molar-refractivity contribution in [3.63, 3.8) is 0 Å². The van der Waals surface area contributed by atoms with Gasteiger partial charge in [-0.1, -0.05) is 23.7 Å². The van der Waals surface area contributed by atoms with Gasteiger partial charge in [-0.05, 0) is 77.4 Å². The summed E-state index contributed by atoms with van der Waals surface area (Å²) >= 11 is 8.08. The van der Waals surface area contributed by atoms with E-state index in [0.29, 0.717) is 6.54 Å². The molecule has 0 aliphatic heterocycles. The predicted molar refractivity (Wildman–Crippen MR) is 96.1 cm³/mol. The standard InChI is InChI=1S/C16H16ClIN2O/c1-11-10-14(18)6-7-15(11)20-16(21)19-9-8-12-2-4-13(17)5-3-12/h2-7,10H,8-9H2,1H3,(H2,19,20,21). The first-order valence-electron chi connectivity index (χ1n) is 6.60. The molecule has 0 atom stereocenters. The molecule has 0 saturated carbocycles. The molecular weight excluding hydrogens is 399 g/mol. The summed E-state index contributed by atoms with van der Waals surface area (Å²) in [5, 5.41) is 6.43. The van der Waals surface area contributed by atoms with Crippen LogP contribution in [0.4, 0.5) is 10.5 Å². The lowest BCUT2D eigenvalue weighted by molar-refractivity contribution is 0.252. The van der Waals surface area contributed by atoms with Crippen LogP contribution in [0, 0.1) is 10.5 Å². The Morgan fingerprint density at radius 1 is 1.19 bits per heavy atom. The SMILES string of the molecule is Cc1cc(I)ccc1NC(=O)NCCc1ccc(Cl)cc1. The van der Waals surface area contributed by atoms with Crippen LogP contribution < -0.4 is 10.6 Å². The number of nitrogens with one attached hydrogen (secondary N) is 2. The summed E-state index contributed by atoms with van der Waals surface area (Å²) < 4.78 is 1.15. The van der Waals surface area contributed by atoms with Crippen LogP contribution in [0.15, 0.2) is 42.5 Å². The minimum absolute atomic E-state index is 0.187.